The summed E-state index contributed by atoms with van der Waals surface area (Å²) in [6.07, 6.45) is 2.31. The summed E-state index contributed by atoms with van der Waals surface area (Å²) in [6, 6.07) is 0.640. The van der Waals surface area contributed by atoms with E-state index in [-0.39, 0.29) is 6.03 Å². The smallest absolute Gasteiger partial charge is 0.329 e. The molecular formula is C13H28N4O. The number of nitrogens with two attached hydrogens (primary N) is 1. The van der Waals surface area contributed by atoms with Crippen LogP contribution in [0.4, 0.5) is 4.79 Å². The van der Waals surface area contributed by atoms with Crippen molar-refractivity contribution in [2.75, 3.05) is 26.2 Å². The van der Waals surface area contributed by atoms with Gasteiger partial charge in [0.05, 0.1) is 6.54 Å². The van der Waals surface area contributed by atoms with Gasteiger partial charge in [-0.05, 0) is 40.5 Å². The molecule has 0 aromatic heterocycles. The Kier molecular flexibility index (Phi) is 5.88. The van der Waals surface area contributed by atoms with Gasteiger partial charge in [0.15, 0.2) is 0 Å². The van der Waals surface area contributed by atoms with Gasteiger partial charge in [0.25, 0.3) is 0 Å². The lowest BCUT2D eigenvalue weighted by molar-refractivity contribution is 0.0253. The van der Waals surface area contributed by atoms with Gasteiger partial charge < -0.3 is 5.73 Å². The van der Waals surface area contributed by atoms with Crippen LogP contribution in [0.1, 0.15) is 40.5 Å². The third kappa shape index (κ3) is 4.14. The molecule has 0 aliphatic carbocycles. The second-order valence-electron chi connectivity index (χ2n) is 5.55. The molecule has 0 radical (unpaired) electrons. The topological polar surface area (TPSA) is 52.8 Å². The van der Waals surface area contributed by atoms with Crippen LogP contribution < -0.4 is 5.73 Å². The van der Waals surface area contributed by atoms with E-state index in [1.54, 1.807) is 5.01 Å². The average Bonchev–Trinajstić information content (AvgIpc) is 2.75. The molecule has 106 valence electrons. The lowest BCUT2D eigenvalue weighted by Gasteiger charge is -2.35. The maximum atomic E-state index is 11.5. The van der Waals surface area contributed by atoms with Crippen molar-refractivity contribution in [3.63, 3.8) is 0 Å². The Morgan fingerprint density at radius 1 is 1.11 bits per heavy atom. The van der Waals surface area contributed by atoms with Gasteiger partial charge in [-0.25, -0.2) is 9.80 Å². The van der Waals surface area contributed by atoms with E-state index in [0.29, 0.717) is 18.6 Å². The third-order valence-corrected chi connectivity index (χ3v) is 3.57. The van der Waals surface area contributed by atoms with Gasteiger partial charge in [-0.1, -0.05) is 0 Å². The molecular weight excluding hydrogens is 228 g/mol. The molecule has 5 nitrogen and oxygen atoms in total. The normalized spacial score (nSPS) is 17.1. The second-order valence-corrected chi connectivity index (χ2v) is 5.55. The van der Waals surface area contributed by atoms with Crippen molar-refractivity contribution in [3.05, 3.63) is 0 Å². The molecule has 0 aromatic carbocycles. The van der Waals surface area contributed by atoms with E-state index >= 15 is 0 Å². The molecule has 0 saturated carbocycles. The summed E-state index contributed by atoms with van der Waals surface area (Å²) >= 11 is 0. The Bertz CT molecular complexity index is 254. The van der Waals surface area contributed by atoms with Crippen LogP contribution in [0.25, 0.3) is 0 Å². The maximum absolute atomic E-state index is 11.5. The highest BCUT2D eigenvalue weighted by molar-refractivity contribution is 5.71. The minimum absolute atomic E-state index is 0.329. The van der Waals surface area contributed by atoms with Gasteiger partial charge in [0, 0.05) is 31.7 Å². The molecule has 18 heavy (non-hydrogen) atoms. The van der Waals surface area contributed by atoms with E-state index < -0.39 is 0 Å². The first-order valence-electron chi connectivity index (χ1n) is 7.01. The van der Waals surface area contributed by atoms with Crippen LogP contribution in [-0.4, -0.2) is 59.2 Å². The summed E-state index contributed by atoms with van der Waals surface area (Å²) in [6.45, 7) is 12.2. The molecule has 2 N–H and O–H groups in total. The predicted molar refractivity (Wildman–Crippen MR) is 74.1 cm³/mol. The van der Waals surface area contributed by atoms with Crippen molar-refractivity contribution in [1.82, 2.24) is 14.9 Å². The van der Waals surface area contributed by atoms with Gasteiger partial charge in [0.2, 0.25) is 0 Å². The van der Waals surface area contributed by atoms with E-state index in [4.69, 9.17) is 5.73 Å². The van der Waals surface area contributed by atoms with Crippen molar-refractivity contribution in [3.8, 4) is 0 Å². The number of rotatable bonds is 6. The Balaban J connectivity index is 2.53. The molecule has 2 amide bonds. The zero-order valence-electron chi connectivity index (χ0n) is 12.2. The largest absolute Gasteiger partial charge is 0.350 e. The monoisotopic (exact) mass is 256 g/mol. The van der Waals surface area contributed by atoms with Crippen LogP contribution in [0.2, 0.25) is 0 Å². The SMILES string of the molecule is CC(C)N(CCN(C(N)=O)N1CCCC1)C(C)C. The highest BCUT2D eigenvalue weighted by atomic mass is 16.2. The molecule has 5 heteroatoms. The van der Waals surface area contributed by atoms with Crippen LogP contribution >= 0.6 is 0 Å². The summed E-state index contributed by atoms with van der Waals surface area (Å²) < 4.78 is 0. The van der Waals surface area contributed by atoms with Gasteiger partial charge in [-0.15, -0.1) is 0 Å². The first-order valence-corrected chi connectivity index (χ1v) is 7.01. The van der Waals surface area contributed by atoms with Crippen LogP contribution in [0.15, 0.2) is 0 Å². The fourth-order valence-electron chi connectivity index (χ4n) is 2.66. The Labute approximate surface area is 111 Å². The number of amides is 2. The van der Waals surface area contributed by atoms with E-state index in [9.17, 15) is 4.79 Å². The number of urea groups is 1. The van der Waals surface area contributed by atoms with Crippen LogP contribution in [0, 0.1) is 0 Å². The van der Waals surface area contributed by atoms with Crippen LogP contribution in [-0.2, 0) is 0 Å². The third-order valence-electron chi connectivity index (χ3n) is 3.57. The lowest BCUT2D eigenvalue weighted by Crippen LogP contribution is -2.52. The number of carbonyl (C=O) groups is 1. The van der Waals surface area contributed by atoms with Crippen molar-refractivity contribution >= 4 is 6.03 Å². The number of hydrogen-bond donors (Lipinski definition) is 1. The van der Waals surface area contributed by atoms with E-state index in [1.165, 1.54) is 0 Å². The number of carbonyl (C=O) groups excluding carboxylic acids is 1. The zero-order chi connectivity index (χ0) is 13.7. The number of hydrazine groups is 1. The average molecular weight is 256 g/mol. The molecule has 0 bridgehead atoms. The predicted octanol–water partition coefficient (Wildman–Crippen LogP) is 1.50. The number of primary amides is 1. The summed E-state index contributed by atoms with van der Waals surface area (Å²) in [5.74, 6) is 0. The zero-order valence-corrected chi connectivity index (χ0v) is 12.2. The lowest BCUT2D eigenvalue weighted by atomic mass is 10.2. The summed E-state index contributed by atoms with van der Waals surface area (Å²) in [4.78, 5) is 13.9. The van der Waals surface area contributed by atoms with Crippen molar-refractivity contribution < 1.29 is 4.79 Å². The molecule has 0 unspecified atom stereocenters. The first-order chi connectivity index (χ1) is 8.43. The number of nitrogens with zero attached hydrogens (tertiary/aromatic N) is 3. The van der Waals surface area contributed by atoms with Crippen LogP contribution in [0.3, 0.4) is 0 Å². The van der Waals surface area contributed by atoms with Crippen molar-refractivity contribution in [2.45, 2.75) is 52.6 Å². The Hall–Kier alpha value is -0.810. The molecule has 0 atom stereocenters. The maximum Gasteiger partial charge on any atom is 0.329 e. The highest BCUT2D eigenvalue weighted by Crippen LogP contribution is 2.12. The fraction of sp³-hybridized carbons (Fsp3) is 0.923. The second kappa shape index (κ2) is 6.95. The van der Waals surface area contributed by atoms with E-state index in [0.717, 1.165) is 32.5 Å². The van der Waals surface area contributed by atoms with Crippen molar-refractivity contribution in [1.29, 1.82) is 0 Å². The molecule has 1 heterocycles. The summed E-state index contributed by atoms with van der Waals surface area (Å²) in [5.41, 5.74) is 5.48. The van der Waals surface area contributed by atoms with Gasteiger partial charge >= 0.3 is 6.03 Å². The molecule has 1 aliphatic rings. The molecule has 1 fully saturated rings. The minimum atomic E-state index is -0.329. The minimum Gasteiger partial charge on any atom is -0.350 e. The van der Waals surface area contributed by atoms with Gasteiger partial charge in [-0.2, -0.15) is 0 Å². The van der Waals surface area contributed by atoms with E-state index in [2.05, 4.69) is 37.6 Å². The summed E-state index contributed by atoms with van der Waals surface area (Å²) in [7, 11) is 0. The molecule has 1 aliphatic heterocycles. The Morgan fingerprint density at radius 2 is 1.61 bits per heavy atom. The van der Waals surface area contributed by atoms with Gasteiger partial charge in [-0.3, -0.25) is 9.91 Å². The quantitative estimate of drug-likeness (QED) is 0.783. The standard InChI is InChI=1S/C13H28N4O/c1-11(2)16(12(3)4)9-10-17(13(14)18)15-7-5-6-8-15/h11-12H,5-10H2,1-4H3,(H2,14,18). The first kappa shape index (κ1) is 15.2. The highest BCUT2D eigenvalue weighted by Gasteiger charge is 2.23. The molecule has 0 aromatic rings. The van der Waals surface area contributed by atoms with Crippen LogP contribution in [0.5, 0.6) is 0 Å². The summed E-state index contributed by atoms with van der Waals surface area (Å²) in [5, 5.41) is 3.80. The fourth-order valence-corrected chi connectivity index (χ4v) is 2.66. The number of hydrogen-bond acceptors (Lipinski definition) is 3. The van der Waals surface area contributed by atoms with Crippen molar-refractivity contribution in [2.24, 2.45) is 5.73 Å². The molecule has 1 rings (SSSR count). The Morgan fingerprint density at radius 3 is 2.00 bits per heavy atom. The molecule has 0 spiro atoms. The van der Waals surface area contributed by atoms with Gasteiger partial charge in [0.1, 0.15) is 0 Å². The van der Waals surface area contributed by atoms with E-state index in [1.807, 2.05) is 0 Å². The molecule has 1 saturated heterocycles.